The summed E-state index contributed by atoms with van der Waals surface area (Å²) >= 11 is 1.74. The molecule has 158 valence electrons. The SMILES string of the molecule is O=C(Cc1ccc(-c2ccccc2)cc1)N1CCN(C(=O)C2CC2c2cccs2)CC1. The Morgan fingerprint density at radius 3 is 2.16 bits per heavy atom. The lowest BCUT2D eigenvalue weighted by Gasteiger charge is -2.35. The molecule has 5 heteroatoms. The van der Waals surface area contributed by atoms with Gasteiger partial charge >= 0.3 is 0 Å². The molecule has 2 heterocycles. The molecule has 0 spiro atoms. The topological polar surface area (TPSA) is 40.6 Å². The highest BCUT2D eigenvalue weighted by Crippen LogP contribution is 2.50. The predicted molar refractivity (Wildman–Crippen MR) is 124 cm³/mol. The lowest BCUT2D eigenvalue weighted by Crippen LogP contribution is -2.51. The Balaban J connectivity index is 1.12. The minimum Gasteiger partial charge on any atom is -0.339 e. The molecule has 2 fully saturated rings. The van der Waals surface area contributed by atoms with E-state index in [1.165, 1.54) is 10.4 Å². The molecule has 1 saturated carbocycles. The number of amides is 2. The first-order valence-electron chi connectivity index (χ1n) is 10.9. The lowest BCUT2D eigenvalue weighted by atomic mass is 10.0. The van der Waals surface area contributed by atoms with Crippen LogP contribution in [0.2, 0.25) is 0 Å². The second-order valence-corrected chi connectivity index (χ2v) is 9.39. The third-order valence-electron chi connectivity index (χ3n) is 6.38. The van der Waals surface area contributed by atoms with E-state index < -0.39 is 0 Å². The van der Waals surface area contributed by atoms with Gasteiger partial charge in [-0.05, 0) is 34.6 Å². The molecule has 31 heavy (non-hydrogen) atoms. The molecule has 5 rings (SSSR count). The van der Waals surface area contributed by atoms with Gasteiger partial charge in [-0.1, -0.05) is 60.7 Å². The fourth-order valence-electron chi connectivity index (χ4n) is 4.43. The summed E-state index contributed by atoms with van der Waals surface area (Å²) in [5.74, 6) is 0.958. The summed E-state index contributed by atoms with van der Waals surface area (Å²) in [7, 11) is 0. The summed E-state index contributed by atoms with van der Waals surface area (Å²) in [6.07, 6.45) is 1.38. The van der Waals surface area contributed by atoms with Crippen LogP contribution in [0.4, 0.5) is 0 Å². The monoisotopic (exact) mass is 430 g/mol. The summed E-state index contributed by atoms with van der Waals surface area (Å²) < 4.78 is 0. The van der Waals surface area contributed by atoms with Crippen molar-refractivity contribution in [2.75, 3.05) is 26.2 Å². The number of thiophene rings is 1. The van der Waals surface area contributed by atoms with Crippen molar-refractivity contribution < 1.29 is 9.59 Å². The van der Waals surface area contributed by atoms with Gasteiger partial charge in [0, 0.05) is 42.9 Å². The van der Waals surface area contributed by atoms with Crippen LogP contribution in [-0.2, 0) is 16.0 Å². The maximum atomic E-state index is 12.8. The molecule has 1 aliphatic heterocycles. The van der Waals surface area contributed by atoms with Crippen molar-refractivity contribution in [3.63, 3.8) is 0 Å². The van der Waals surface area contributed by atoms with E-state index in [0.29, 0.717) is 38.5 Å². The van der Waals surface area contributed by atoms with E-state index in [1.54, 1.807) is 11.3 Å². The van der Waals surface area contributed by atoms with Gasteiger partial charge in [0.05, 0.1) is 6.42 Å². The van der Waals surface area contributed by atoms with Gasteiger partial charge in [-0.15, -0.1) is 11.3 Å². The molecule has 2 amide bonds. The Kier molecular flexibility index (Phi) is 5.60. The third kappa shape index (κ3) is 4.42. The molecule has 1 aliphatic carbocycles. The number of rotatable bonds is 5. The molecule has 0 N–H and O–H groups in total. The van der Waals surface area contributed by atoms with Crippen molar-refractivity contribution in [2.45, 2.75) is 18.8 Å². The number of nitrogens with zero attached hydrogens (tertiary/aromatic N) is 2. The van der Waals surface area contributed by atoms with Crippen LogP contribution in [0.1, 0.15) is 22.8 Å². The van der Waals surface area contributed by atoms with Crippen LogP contribution in [-0.4, -0.2) is 47.8 Å². The molecule has 0 radical (unpaired) electrons. The summed E-state index contributed by atoms with van der Waals surface area (Å²) in [6, 6.07) is 22.7. The van der Waals surface area contributed by atoms with E-state index in [1.807, 2.05) is 40.1 Å². The van der Waals surface area contributed by atoms with Gasteiger partial charge in [0.15, 0.2) is 0 Å². The second kappa shape index (κ2) is 8.67. The van der Waals surface area contributed by atoms with Crippen LogP contribution < -0.4 is 0 Å². The third-order valence-corrected chi connectivity index (χ3v) is 7.38. The normalized spacial score (nSPS) is 20.5. The maximum absolute atomic E-state index is 12.8. The van der Waals surface area contributed by atoms with Gasteiger partial charge in [0.2, 0.25) is 11.8 Å². The zero-order valence-corrected chi connectivity index (χ0v) is 18.3. The Hall–Kier alpha value is -2.92. The minimum atomic E-state index is 0.141. The van der Waals surface area contributed by atoms with E-state index in [9.17, 15) is 9.59 Å². The molecular weight excluding hydrogens is 404 g/mol. The van der Waals surface area contributed by atoms with E-state index in [2.05, 4.69) is 41.8 Å². The first kappa shape index (κ1) is 20.0. The van der Waals surface area contributed by atoms with Crippen molar-refractivity contribution in [1.82, 2.24) is 9.80 Å². The van der Waals surface area contributed by atoms with Gasteiger partial charge in [-0.25, -0.2) is 0 Å². The van der Waals surface area contributed by atoms with E-state index in [4.69, 9.17) is 0 Å². The molecule has 1 saturated heterocycles. The highest BCUT2D eigenvalue weighted by molar-refractivity contribution is 7.10. The Labute approximate surface area is 187 Å². The summed E-state index contributed by atoms with van der Waals surface area (Å²) in [4.78, 5) is 30.8. The molecule has 4 nitrogen and oxygen atoms in total. The minimum absolute atomic E-state index is 0.141. The number of piperazine rings is 1. The molecule has 2 atom stereocenters. The fourth-order valence-corrected chi connectivity index (χ4v) is 5.33. The predicted octanol–water partition coefficient (Wildman–Crippen LogP) is 4.43. The molecule has 0 bridgehead atoms. The van der Waals surface area contributed by atoms with Crippen LogP contribution in [0.25, 0.3) is 11.1 Å². The van der Waals surface area contributed by atoms with E-state index >= 15 is 0 Å². The lowest BCUT2D eigenvalue weighted by molar-refractivity contribution is -0.140. The van der Waals surface area contributed by atoms with Crippen molar-refractivity contribution in [3.8, 4) is 11.1 Å². The molecule has 2 aromatic carbocycles. The van der Waals surface area contributed by atoms with Gasteiger partial charge in [-0.2, -0.15) is 0 Å². The largest absolute Gasteiger partial charge is 0.339 e. The Morgan fingerprint density at radius 2 is 1.48 bits per heavy atom. The molecular formula is C26H26N2O2S. The number of benzene rings is 2. The number of carbonyl (C=O) groups excluding carboxylic acids is 2. The van der Waals surface area contributed by atoms with Crippen molar-refractivity contribution >= 4 is 23.2 Å². The average Bonchev–Trinajstić information content (AvgIpc) is 3.43. The number of hydrogen-bond donors (Lipinski definition) is 0. The van der Waals surface area contributed by atoms with Gasteiger partial charge in [0.25, 0.3) is 0 Å². The number of carbonyl (C=O) groups is 2. The van der Waals surface area contributed by atoms with Crippen LogP contribution in [0.15, 0.2) is 72.1 Å². The van der Waals surface area contributed by atoms with Crippen LogP contribution >= 0.6 is 11.3 Å². The Bertz CT molecular complexity index is 1040. The quantitative estimate of drug-likeness (QED) is 0.601. The van der Waals surface area contributed by atoms with Crippen molar-refractivity contribution in [2.24, 2.45) is 5.92 Å². The first-order valence-corrected chi connectivity index (χ1v) is 11.8. The average molecular weight is 431 g/mol. The van der Waals surface area contributed by atoms with Crippen molar-refractivity contribution in [1.29, 1.82) is 0 Å². The highest BCUT2D eigenvalue weighted by atomic mass is 32.1. The smallest absolute Gasteiger partial charge is 0.227 e. The van der Waals surface area contributed by atoms with Gasteiger partial charge in [-0.3, -0.25) is 9.59 Å². The van der Waals surface area contributed by atoms with Crippen LogP contribution in [0.5, 0.6) is 0 Å². The number of hydrogen-bond acceptors (Lipinski definition) is 3. The van der Waals surface area contributed by atoms with Gasteiger partial charge in [0.1, 0.15) is 0 Å². The molecule has 1 aromatic heterocycles. The highest BCUT2D eigenvalue weighted by Gasteiger charge is 2.46. The van der Waals surface area contributed by atoms with E-state index in [-0.39, 0.29) is 17.7 Å². The van der Waals surface area contributed by atoms with Crippen molar-refractivity contribution in [3.05, 3.63) is 82.6 Å². The zero-order chi connectivity index (χ0) is 21.2. The Morgan fingerprint density at radius 1 is 0.806 bits per heavy atom. The molecule has 3 aromatic rings. The van der Waals surface area contributed by atoms with Gasteiger partial charge < -0.3 is 9.80 Å². The van der Waals surface area contributed by atoms with Crippen LogP contribution in [0, 0.1) is 5.92 Å². The standard InChI is InChI=1S/C26H26N2O2S/c29-25(17-19-8-10-21(11-9-19)20-5-2-1-3-6-20)27-12-14-28(15-13-27)26(30)23-18-22(23)24-7-4-16-31-24/h1-11,16,22-23H,12-15,17-18H2. The van der Waals surface area contributed by atoms with E-state index in [0.717, 1.165) is 17.5 Å². The first-order chi connectivity index (χ1) is 15.2. The molecule has 2 unspecified atom stereocenters. The molecule has 2 aliphatic rings. The van der Waals surface area contributed by atoms with Crippen LogP contribution in [0.3, 0.4) is 0 Å². The summed E-state index contributed by atoms with van der Waals surface area (Å²) in [5, 5.41) is 2.08. The second-order valence-electron chi connectivity index (χ2n) is 8.41. The summed E-state index contributed by atoms with van der Waals surface area (Å²) in [5.41, 5.74) is 3.36. The maximum Gasteiger partial charge on any atom is 0.227 e. The zero-order valence-electron chi connectivity index (χ0n) is 17.4. The fraction of sp³-hybridized carbons (Fsp3) is 0.308. The summed E-state index contributed by atoms with van der Waals surface area (Å²) in [6.45, 7) is 2.54.